The molecular formula is C28H31N3O6. The Bertz CT molecular complexity index is 1190. The average Bonchev–Trinajstić information content (AvgIpc) is 2.89. The van der Waals surface area contributed by atoms with Gasteiger partial charge in [0.15, 0.2) is 0 Å². The number of benzene rings is 2. The number of hydrogen-bond donors (Lipinski definition) is 2. The number of rotatable bonds is 10. The van der Waals surface area contributed by atoms with Crippen LogP contribution in [0.2, 0.25) is 0 Å². The Labute approximate surface area is 215 Å². The van der Waals surface area contributed by atoms with Crippen molar-refractivity contribution in [3.05, 3.63) is 78.0 Å². The molecule has 1 heterocycles. The zero-order chi connectivity index (χ0) is 27.1. The lowest BCUT2D eigenvalue weighted by Gasteiger charge is -2.41. The largest absolute Gasteiger partial charge is 0.475 e. The second kappa shape index (κ2) is 12.1. The van der Waals surface area contributed by atoms with E-state index in [1.807, 2.05) is 19.9 Å². The minimum Gasteiger partial charge on any atom is -0.475 e. The van der Waals surface area contributed by atoms with Gasteiger partial charge in [0.2, 0.25) is 11.8 Å². The summed E-state index contributed by atoms with van der Waals surface area (Å²) < 4.78 is 0. The molecule has 0 aliphatic carbocycles. The summed E-state index contributed by atoms with van der Waals surface area (Å²) in [5, 5.41) is 11.8. The molecule has 9 nitrogen and oxygen atoms in total. The molecular weight excluding hydrogens is 474 g/mol. The van der Waals surface area contributed by atoms with Crippen molar-refractivity contribution < 1.29 is 29.1 Å². The Morgan fingerprint density at radius 3 is 2.14 bits per heavy atom. The van der Waals surface area contributed by atoms with Crippen molar-refractivity contribution in [2.24, 2.45) is 5.92 Å². The maximum atomic E-state index is 13.7. The number of Topliss-reactive ketones (excluding diaryl/α,β-unsaturated/α-hetero) is 1. The highest BCUT2D eigenvalue weighted by Crippen LogP contribution is 2.30. The molecule has 1 aliphatic heterocycles. The third kappa shape index (κ3) is 6.49. The van der Waals surface area contributed by atoms with E-state index in [2.05, 4.69) is 5.32 Å². The van der Waals surface area contributed by atoms with Crippen LogP contribution in [-0.2, 0) is 30.4 Å². The molecule has 37 heavy (non-hydrogen) atoms. The highest BCUT2D eigenvalue weighted by atomic mass is 16.4. The van der Waals surface area contributed by atoms with E-state index < -0.39 is 42.2 Å². The van der Waals surface area contributed by atoms with Gasteiger partial charge in [-0.25, -0.2) is 4.79 Å². The molecule has 0 spiro atoms. The molecule has 0 saturated heterocycles. The first-order valence-corrected chi connectivity index (χ1v) is 12.1. The van der Waals surface area contributed by atoms with Crippen LogP contribution in [-0.4, -0.2) is 63.0 Å². The zero-order valence-electron chi connectivity index (χ0n) is 21.1. The second-order valence-corrected chi connectivity index (χ2v) is 9.04. The van der Waals surface area contributed by atoms with Gasteiger partial charge in [0.25, 0.3) is 11.7 Å². The maximum Gasteiger partial charge on any atom is 0.374 e. The number of nitrogens with zero attached hydrogens (tertiary/aromatic N) is 2. The normalized spacial score (nSPS) is 17.0. The first-order valence-electron chi connectivity index (χ1n) is 12.1. The lowest BCUT2D eigenvalue weighted by molar-refractivity contribution is -0.150. The summed E-state index contributed by atoms with van der Waals surface area (Å²) in [5.41, 5.74) is 1.66. The van der Waals surface area contributed by atoms with Crippen molar-refractivity contribution in [2.45, 2.75) is 45.7 Å². The average molecular weight is 506 g/mol. The van der Waals surface area contributed by atoms with Gasteiger partial charge in [-0.05, 0) is 17.0 Å². The summed E-state index contributed by atoms with van der Waals surface area (Å²) in [4.78, 5) is 65.9. The quantitative estimate of drug-likeness (QED) is 0.478. The molecule has 2 N–H and O–H groups in total. The van der Waals surface area contributed by atoms with Crippen molar-refractivity contribution in [3.63, 3.8) is 0 Å². The van der Waals surface area contributed by atoms with Crippen LogP contribution in [0.1, 0.15) is 38.3 Å². The van der Waals surface area contributed by atoms with Gasteiger partial charge in [0.1, 0.15) is 18.6 Å². The van der Waals surface area contributed by atoms with E-state index >= 15 is 0 Å². The lowest BCUT2D eigenvalue weighted by Crippen LogP contribution is -2.57. The molecule has 2 aromatic rings. The fraction of sp³-hybridized carbons (Fsp3) is 0.321. The fourth-order valence-electron chi connectivity index (χ4n) is 4.30. The smallest absolute Gasteiger partial charge is 0.374 e. The van der Waals surface area contributed by atoms with Gasteiger partial charge < -0.3 is 15.3 Å². The lowest BCUT2D eigenvalue weighted by atomic mass is 9.93. The van der Waals surface area contributed by atoms with Crippen LogP contribution in [0.25, 0.3) is 5.70 Å². The molecule has 3 atom stereocenters. The van der Waals surface area contributed by atoms with E-state index in [0.717, 1.165) is 0 Å². The molecule has 0 fully saturated rings. The van der Waals surface area contributed by atoms with E-state index in [9.17, 15) is 29.1 Å². The van der Waals surface area contributed by atoms with Gasteiger partial charge in [-0.2, -0.15) is 0 Å². The predicted octanol–water partition coefficient (Wildman–Crippen LogP) is 2.47. The molecule has 0 aromatic heterocycles. The second-order valence-electron chi connectivity index (χ2n) is 9.04. The Morgan fingerprint density at radius 1 is 1.00 bits per heavy atom. The van der Waals surface area contributed by atoms with Gasteiger partial charge in [-0.3, -0.25) is 24.1 Å². The highest BCUT2D eigenvalue weighted by Gasteiger charge is 2.41. The highest BCUT2D eigenvalue weighted by molar-refractivity contribution is 6.35. The van der Waals surface area contributed by atoms with Crippen LogP contribution in [0.15, 0.2) is 66.9 Å². The summed E-state index contributed by atoms with van der Waals surface area (Å²) in [6, 6.07) is 15.5. The Balaban J connectivity index is 1.94. The molecule has 3 amide bonds. The minimum atomic E-state index is -1.66. The minimum absolute atomic E-state index is 0.0132. The monoisotopic (exact) mass is 505 g/mol. The standard InChI is InChI=1S/C28H31N3O6/c1-4-18(2)25-27(35)31(23(16-30(25)19(3)32)21-13-9-6-10-14-21)17-24(33)29-22(26(34)28(36)37)15-20-11-7-5-8-12-20/h5-14,16,18,22,25H,4,15,17H2,1-3H3,(H,29,33)(H,36,37)/t18-,22-,25-/m0/s1. The SMILES string of the molecule is CC[C@H](C)[C@H]1C(=O)N(CC(=O)N[C@@H](Cc2ccccc2)C(=O)C(=O)O)C(c2ccccc2)=CN1C(C)=O. The van der Waals surface area contributed by atoms with Gasteiger partial charge in [-0.15, -0.1) is 0 Å². The number of carbonyl (C=O) groups excluding carboxylic acids is 4. The molecule has 3 rings (SSSR count). The number of nitrogens with one attached hydrogen (secondary N) is 1. The van der Waals surface area contributed by atoms with Gasteiger partial charge >= 0.3 is 5.97 Å². The number of carboxylic acid groups (broad SMARTS) is 1. The first-order chi connectivity index (χ1) is 17.6. The predicted molar refractivity (Wildman–Crippen MR) is 137 cm³/mol. The fourth-order valence-corrected chi connectivity index (χ4v) is 4.30. The van der Waals surface area contributed by atoms with Crippen molar-refractivity contribution in [3.8, 4) is 0 Å². The van der Waals surface area contributed by atoms with Crippen molar-refractivity contribution >= 4 is 35.2 Å². The van der Waals surface area contributed by atoms with Crippen molar-refractivity contribution in [2.75, 3.05) is 6.54 Å². The number of carboxylic acids is 1. The Morgan fingerprint density at radius 2 is 1.59 bits per heavy atom. The molecule has 194 valence electrons. The summed E-state index contributed by atoms with van der Waals surface area (Å²) in [6.07, 6.45) is 2.19. The summed E-state index contributed by atoms with van der Waals surface area (Å²) in [7, 11) is 0. The maximum absolute atomic E-state index is 13.7. The Kier molecular flexibility index (Phi) is 8.95. The van der Waals surface area contributed by atoms with Crippen LogP contribution in [0.3, 0.4) is 0 Å². The third-order valence-electron chi connectivity index (χ3n) is 6.43. The van der Waals surface area contributed by atoms with Crippen LogP contribution < -0.4 is 5.32 Å². The number of carbonyl (C=O) groups is 5. The van der Waals surface area contributed by atoms with E-state index in [0.29, 0.717) is 23.2 Å². The molecule has 2 aromatic carbocycles. The summed E-state index contributed by atoms with van der Waals surface area (Å²) in [5.74, 6) is -4.41. The van der Waals surface area contributed by atoms with Gasteiger partial charge in [-0.1, -0.05) is 80.9 Å². The van der Waals surface area contributed by atoms with E-state index in [1.54, 1.807) is 60.8 Å². The van der Waals surface area contributed by atoms with Crippen LogP contribution in [0.5, 0.6) is 0 Å². The summed E-state index contributed by atoms with van der Waals surface area (Å²) >= 11 is 0. The topological polar surface area (TPSA) is 124 Å². The molecule has 0 radical (unpaired) electrons. The van der Waals surface area contributed by atoms with Gasteiger partial charge in [0, 0.05) is 19.5 Å². The van der Waals surface area contributed by atoms with Gasteiger partial charge in [0.05, 0.1) is 5.70 Å². The molecule has 0 bridgehead atoms. The number of hydrogen-bond acceptors (Lipinski definition) is 5. The Hall–Kier alpha value is -4.27. The van der Waals surface area contributed by atoms with E-state index in [4.69, 9.17) is 0 Å². The molecule has 0 saturated carbocycles. The number of ketones is 1. The molecule has 0 unspecified atom stereocenters. The molecule has 9 heteroatoms. The molecule has 1 aliphatic rings. The zero-order valence-corrected chi connectivity index (χ0v) is 21.1. The van der Waals surface area contributed by atoms with Crippen molar-refractivity contribution in [1.29, 1.82) is 0 Å². The third-order valence-corrected chi connectivity index (χ3v) is 6.43. The van der Waals surface area contributed by atoms with Crippen molar-refractivity contribution in [1.82, 2.24) is 15.1 Å². The first kappa shape index (κ1) is 27.3. The van der Waals surface area contributed by atoms with Crippen LogP contribution in [0, 0.1) is 5.92 Å². The van der Waals surface area contributed by atoms with E-state index in [1.165, 1.54) is 16.7 Å². The summed E-state index contributed by atoms with van der Waals surface area (Å²) in [6.45, 7) is 4.71. The van der Waals surface area contributed by atoms with E-state index in [-0.39, 0.29) is 18.2 Å². The van der Waals surface area contributed by atoms with Crippen LogP contribution >= 0.6 is 0 Å². The number of amides is 3. The van der Waals surface area contributed by atoms with Crippen LogP contribution in [0.4, 0.5) is 0 Å². The number of aliphatic carboxylic acids is 1.